The van der Waals surface area contributed by atoms with Crippen molar-refractivity contribution in [3.05, 3.63) is 28.8 Å². The highest BCUT2D eigenvalue weighted by atomic mass is 35.5. The molecule has 2 rings (SSSR count). The van der Waals surface area contributed by atoms with Gasteiger partial charge in [-0.25, -0.2) is 0 Å². The van der Waals surface area contributed by atoms with Crippen molar-refractivity contribution in [2.24, 2.45) is 5.92 Å². The fourth-order valence-corrected chi connectivity index (χ4v) is 2.52. The first-order chi connectivity index (χ1) is 9.10. The first-order valence-corrected chi connectivity index (χ1v) is 7.05. The summed E-state index contributed by atoms with van der Waals surface area (Å²) in [5.74, 6) is 0.519. The lowest BCUT2D eigenvalue weighted by Gasteiger charge is -2.33. The maximum atomic E-state index is 8.93. The molecule has 1 fully saturated rings. The van der Waals surface area contributed by atoms with Crippen LogP contribution >= 0.6 is 11.6 Å². The Morgan fingerprint density at radius 3 is 2.95 bits per heavy atom. The molecule has 4 heteroatoms. The second-order valence-corrected chi connectivity index (χ2v) is 5.73. The van der Waals surface area contributed by atoms with Gasteiger partial charge >= 0.3 is 0 Å². The molecule has 0 radical (unpaired) electrons. The van der Waals surface area contributed by atoms with Crippen LogP contribution in [0.15, 0.2) is 18.2 Å². The Labute approximate surface area is 119 Å². The quantitative estimate of drug-likeness (QED) is 0.914. The molecule has 0 amide bonds. The lowest BCUT2D eigenvalue weighted by molar-refractivity contribution is -0.0160. The Kier molecular flexibility index (Phi) is 4.68. The molecule has 2 atom stereocenters. The Balaban J connectivity index is 2.06. The molecule has 1 aromatic rings. The summed E-state index contributed by atoms with van der Waals surface area (Å²) in [6.07, 6.45) is 2.24. The van der Waals surface area contributed by atoms with Gasteiger partial charge in [-0.1, -0.05) is 25.4 Å². The van der Waals surface area contributed by atoms with E-state index in [2.05, 4.69) is 25.2 Å². The second-order valence-electron chi connectivity index (χ2n) is 5.33. The Morgan fingerprint density at radius 1 is 1.47 bits per heavy atom. The maximum Gasteiger partial charge on any atom is 0.0992 e. The molecule has 2 unspecified atom stereocenters. The third-order valence-corrected chi connectivity index (χ3v) is 3.84. The van der Waals surface area contributed by atoms with Crippen LogP contribution in [0.5, 0.6) is 0 Å². The van der Waals surface area contributed by atoms with Gasteiger partial charge in [0.2, 0.25) is 0 Å². The molecule has 1 heterocycles. The molecule has 0 aliphatic carbocycles. The molecule has 102 valence electrons. The summed E-state index contributed by atoms with van der Waals surface area (Å²) < 4.78 is 5.76. The zero-order valence-corrected chi connectivity index (χ0v) is 12.1. The third-order valence-electron chi connectivity index (χ3n) is 3.51. The lowest BCUT2D eigenvalue weighted by Crippen LogP contribution is -2.36. The topological polar surface area (TPSA) is 45.0 Å². The van der Waals surface area contributed by atoms with Gasteiger partial charge in [-0.05, 0) is 37.0 Å². The van der Waals surface area contributed by atoms with Crippen LogP contribution in [0.1, 0.15) is 32.3 Å². The average Bonchev–Trinajstić information content (AvgIpc) is 2.41. The molecule has 0 saturated carbocycles. The van der Waals surface area contributed by atoms with Crippen LogP contribution in [-0.2, 0) is 4.74 Å². The van der Waals surface area contributed by atoms with Crippen LogP contribution in [0.2, 0.25) is 5.02 Å². The van der Waals surface area contributed by atoms with Crippen LogP contribution in [-0.4, -0.2) is 18.8 Å². The van der Waals surface area contributed by atoms with Gasteiger partial charge in [-0.2, -0.15) is 5.26 Å². The second kappa shape index (κ2) is 6.27. The van der Waals surface area contributed by atoms with Crippen LogP contribution in [0.4, 0.5) is 5.69 Å². The highest BCUT2D eigenvalue weighted by Crippen LogP contribution is 2.27. The average molecular weight is 279 g/mol. The van der Waals surface area contributed by atoms with Gasteiger partial charge in [0.25, 0.3) is 0 Å². The summed E-state index contributed by atoms with van der Waals surface area (Å²) in [6, 6.07) is 7.79. The number of nitrogens with zero attached hydrogens (tertiary/aromatic N) is 1. The van der Waals surface area contributed by atoms with E-state index < -0.39 is 0 Å². The molecular weight excluding hydrogens is 260 g/mol. The van der Waals surface area contributed by atoms with E-state index in [1.54, 1.807) is 12.1 Å². The van der Waals surface area contributed by atoms with E-state index in [4.69, 9.17) is 21.6 Å². The SMILES string of the molecule is CC(C)C1CC(Nc2cc(C#N)ccc2Cl)CCO1. The van der Waals surface area contributed by atoms with Crippen molar-refractivity contribution < 1.29 is 4.74 Å². The Bertz CT molecular complexity index is 482. The molecule has 3 nitrogen and oxygen atoms in total. The maximum absolute atomic E-state index is 8.93. The fourth-order valence-electron chi connectivity index (χ4n) is 2.35. The monoisotopic (exact) mass is 278 g/mol. The number of nitrogens with one attached hydrogen (secondary N) is 1. The van der Waals surface area contributed by atoms with Gasteiger partial charge in [0.05, 0.1) is 28.4 Å². The summed E-state index contributed by atoms with van der Waals surface area (Å²) in [5.41, 5.74) is 1.47. The largest absolute Gasteiger partial charge is 0.381 e. The van der Waals surface area contributed by atoms with Crippen molar-refractivity contribution in [2.45, 2.75) is 38.8 Å². The van der Waals surface area contributed by atoms with E-state index in [1.807, 2.05) is 6.07 Å². The van der Waals surface area contributed by atoms with Crippen LogP contribution in [0, 0.1) is 17.2 Å². The fraction of sp³-hybridized carbons (Fsp3) is 0.533. The zero-order valence-electron chi connectivity index (χ0n) is 11.3. The summed E-state index contributed by atoms with van der Waals surface area (Å²) in [5, 5.41) is 13.0. The van der Waals surface area contributed by atoms with Gasteiger partial charge < -0.3 is 10.1 Å². The smallest absolute Gasteiger partial charge is 0.0992 e. The van der Waals surface area contributed by atoms with Gasteiger partial charge in [0.1, 0.15) is 0 Å². The molecule has 0 bridgehead atoms. The number of hydrogen-bond donors (Lipinski definition) is 1. The van der Waals surface area contributed by atoms with E-state index in [9.17, 15) is 0 Å². The Morgan fingerprint density at radius 2 is 2.26 bits per heavy atom. The van der Waals surface area contributed by atoms with E-state index in [0.717, 1.165) is 25.1 Å². The molecular formula is C15H19ClN2O. The van der Waals surface area contributed by atoms with Crippen LogP contribution in [0.3, 0.4) is 0 Å². The molecule has 0 spiro atoms. The van der Waals surface area contributed by atoms with Crippen molar-refractivity contribution in [3.63, 3.8) is 0 Å². The molecule has 1 aromatic carbocycles. The van der Waals surface area contributed by atoms with Crippen molar-refractivity contribution in [1.82, 2.24) is 0 Å². The van der Waals surface area contributed by atoms with Crippen molar-refractivity contribution >= 4 is 17.3 Å². The summed E-state index contributed by atoms with van der Waals surface area (Å²) in [6.45, 7) is 5.13. The number of ether oxygens (including phenoxy) is 1. The van der Waals surface area contributed by atoms with Gasteiger partial charge in [0, 0.05) is 12.6 Å². The van der Waals surface area contributed by atoms with E-state index in [0.29, 0.717) is 28.6 Å². The lowest BCUT2D eigenvalue weighted by atomic mass is 9.95. The van der Waals surface area contributed by atoms with Gasteiger partial charge in [-0.3, -0.25) is 0 Å². The van der Waals surface area contributed by atoms with E-state index in [1.165, 1.54) is 0 Å². The Hall–Kier alpha value is -1.24. The van der Waals surface area contributed by atoms with Crippen LogP contribution in [0.25, 0.3) is 0 Å². The first-order valence-electron chi connectivity index (χ1n) is 6.68. The van der Waals surface area contributed by atoms with Crippen molar-refractivity contribution in [2.75, 3.05) is 11.9 Å². The predicted molar refractivity (Wildman–Crippen MR) is 77.4 cm³/mol. The number of rotatable bonds is 3. The predicted octanol–water partition coefficient (Wildman–Crippen LogP) is 3.83. The normalized spacial score (nSPS) is 23.1. The molecule has 0 aromatic heterocycles. The molecule has 1 N–H and O–H groups in total. The summed E-state index contributed by atoms with van der Waals surface area (Å²) in [7, 11) is 0. The van der Waals surface area contributed by atoms with E-state index in [-0.39, 0.29) is 0 Å². The minimum atomic E-state index is 0.296. The standard InChI is InChI=1S/C15H19ClN2O/c1-10(2)15-8-12(5-6-19-15)18-14-7-11(9-17)3-4-13(14)16/h3-4,7,10,12,15,18H,5-6,8H2,1-2H3. The van der Waals surface area contributed by atoms with Gasteiger partial charge in [0.15, 0.2) is 0 Å². The van der Waals surface area contributed by atoms with E-state index >= 15 is 0 Å². The summed E-state index contributed by atoms with van der Waals surface area (Å²) >= 11 is 6.17. The van der Waals surface area contributed by atoms with Crippen LogP contribution < -0.4 is 5.32 Å². The molecule has 1 aliphatic heterocycles. The number of halogens is 1. The van der Waals surface area contributed by atoms with Gasteiger partial charge in [-0.15, -0.1) is 0 Å². The molecule has 19 heavy (non-hydrogen) atoms. The molecule has 1 aliphatic rings. The summed E-state index contributed by atoms with van der Waals surface area (Å²) in [4.78, 5) is 0. The highest BCUT2D eigenvalue weighted by Gasteiger charge is 2.25. The van der Waals surface area contributed by atoms with Crippen molar-refractivity contribution in [1.29, 1.82) is 5.26 Å². The third kappa shape index (κ3) is 3.62. The number of nitriles is 1. The zero-order chi connectivity index (χ0) is 13.8. The molecule has 1 saturated heterocycles. The number of hydrogen-bond acceptors (Lipinski definition) is 3. The van der Waals surface area contributed by atoms with Crippen molar-refractivity contribution in [3.8, 4) is 6.07 Å². The first kappa shape index (κ1) is 14.2. The minimum Gasteiger partial charge on any atom is -0.381 e. The number of benzene rings is 1. The highest BCUT2D eigenvalue weighted by molar-refractivity contribution is 6.33. The minimum absolute atomic E-state index is 0.296. The number of anilines is 1.